The van der Waals surface area contributed by atoms with E-state index in [4.69, 9.17) is 16.3 Å². The molecule has 3 N–H and O–H groups in total. The number of para-hydroxylation sites is 1. The van der Waals surface area contributed by atoms with Crippen molar-refractivity contribution in [3.8, 4) is 5.75 Å². The van der Waals surface area contributed by atoms with Gasteiger partial charge in [-0.05, 0) is 76.8 Å². The van der Waals surface area contributed by atoms with Crippen molar-refractivity contribution in [2.45, 2.75) is 56.6 Å². The average molecular weight is 653 g/mol. The van der Waals surface area contributed by atoms with Crippen molar-refractivity contribution in [2.24, 2.45) is 5.92 Å². The van der Waals surface area contributed by atoms with Crippen LogP contribution in [0.4, 0.5) is 28.8 Å². The highest BCUT2D eigenvalue weighted by Gasteiger charge is 2.27. The number of likely N-dealkylation sites (N-methyl/N-ethyl adjacent to an activating group) is 1. The van der Waals surface area contributed by atoms with Gasteiger partial charge in [0.1, 0.15) is 21.8 Å². The predicted molar refractivity (Wildman–Crippen MR) is 184 cm³/mol. The fourth-order valence-electron chi connectivity index (χ4n) is 5.93. The maximum absolute atomic E-state index is 13.0. The summed E-state index contributed by atoms with van der Waals surface area (Å²) in [5.41, 5.74) is 2.61. The highest BCUT2D eigenvalue weighted by atomic mass is 35.5. The van der Waals surface area contributed by atoms with E-state index in [0.29, 0.717) is 39.3 Å². The minimum atomic E-state index is -1.35. The summed E-state index contributed by atoms with van der Waals surface area (Å²) in [5.74, 6) is 2.17. The van der Waals surface area contributed by atoms with Gasteiger partial charge in [0, 0.05) is 63.6 Å². The Balaban J connectivity index is 1.14. The van der Waals surface area contributed by atoms with Crippen LogP contribution in [0.5, 0.6) is 5.75 Å². The van der Waals surface area contributed by atoms with Gasteiger partial charge >= 0.3 is 0 Å². The van der Waals surface area contributed by atoms with E-state index in [9.17, 15) is 4.21 Å². The number of nitrogens with zero attached hydrogens (tertiary/aromatic N) is 5. The number of ether oxygens (including phenoxy) is 1. The third-order valence-corrected chi connectivity index (χ3v) is 10.2. The summed E-state index contributed by atoms with van der Waals surface area (Å²) < 4.78 is 22.4. The summed E-state index contributed by atoms with van der Waals surface area (Å²) in [7, 11) is 0.862. The first-order chi connectivity index (χ1) is 21.8. The standard InChI is InChI=1S/C33H45ClN8O2S/c1-23(2)44-30-20-26(41-14-12-25(13-15-41)42-18-16-40(3)17-19-42)10-11-28(30)38-33-35-22-27(34)32(39-33)37-29-6-4-5-7-31(29)45(43)36-21-24-8-9-24/h4-7,10-11,20,22-25,36H,8-9,12-19,21H2,1-3H3,(H2,35,37,38,39). The lowest BCUT2D eigenvalue weighted by atomic mass is 10.0. The summed E-state index contributed by atoms with van der Waals surface area (Å²) in [5, 5.41) is 6.99. The molecule has 3 aromatic rings. The molecule has 2 aromatic carbocycles. The number of rotatable bonds is 12. The van der Waals surface area contributed by atoms with Gasteiger partial charge in [0.25, 0.3) is 0 Å². The van der Waals surface area contributed by atoms with E-state index in [1.807, 2.05) is 44.2 Å². The molecule has 1 unspecified atom stereocenters. The van der Waals surface area contributed by atoms with E-state index in [-0.39, 0.29) is 6.10 Å². The van der Waals surface area contributed by atoms with Crippen molar-refractivity contribution in [3.63, 3.8) is 0 Å². The third-order valence-electron chi connectivity index (χ3n) is 8.74. The minimum Gasteiger partial charge on any atom is -0.489 e. The molecule has 3 aliphatic rings. The van der Waals surface area contributed by atoms with Crippen LogP contribution in [0.15, 0.2) is 53.6 Å². The monoisotopic (exact) mass is 652 g/mol. The normalized spacial score (nSPS) is 19.1. The molecule has 0 spiro atoms. The zero-order chi connectivity index (χ0) is 31.3. The molecule has 1 aliphatic carbocycles. The number of benzene rings is 2. The van der Waals surface area contributed by atoms with Crippen LogP contribution in [0.3, 0.4) is 0 Å². The molecule has 10 nitrogen and oxygen atoms in total. The zero-order valence-corrected chi connectivity index (χ0v) is 28.0. The van der Waals surface area contributed by atoms with E-state index >= 15 is 0 Å². The Hall–Kier alpha value is -2.96. The maximum atomic E-state index is 13.0. The van der Waals surface area contributed by atoms with Gasteiger partial charge in [-0.2, -0.15) is 4.98 Å². The molecule has 0 radical (unpaired) electrons. The summed E-state index contributed by atoms with van der Waals surface area (Å²) in [6.45, 7) is 11.5. The van der Waals surface area contributed by atoms with Crippen LogP contribution in [0.2, 0.25) is 5.02 Å². The lowest BCUT2D eigenvalue weighted by Gasteiger charge is -2.42. The summed E-state index contributed by atoms with van der Waals surface area (Å²) in [6, 6.07) is 14.4. The molecule has 12 heteroatoms. The molecule has 45 heavy (non-hydrogen) atoms. The Morgan fingerprint density at radius 1 is 0.978 bits per heavy atom. The van der Waals surface area contributed by atoms with Crippen LogP contribution in [-0.4, -0.2) is 89.0 Å². The number of piperidine rings is 1. The van der Waals surface area contributed by atoms with Gasteiger partial charge in [0.2, 0.25) is 5.95 Å². The maximum Gasteiger partial charge on any atom is 0.229 e. The van der Waals surface area contributed by atoms with Crippen LogP contribution < -0.4 is 25.0 Å². The van der Waals surface area contributed by atoms with Gasteiger partial charge < -0.3 is 25.2 Å². The first kappa shape index (κ1) is 32.0. The molecule has 2 aliphatic heterocycles. The molecule has 1 saturated carbocycles. The quantitative estimate of drug-likeness (QED) is 0.230. The molecule has 242 valence electrons. The second kappa shape index (κ2) is 14.6. The number of halogens is 1. The average Bonchev–Trinajstić information content (AvgIpc) is 3.88. The van der Waals surface area contributed by atoms with Crippen LogP contribution >= 0.6 is 11.6 Å². The first-order valence-corrected chi connectivity index (χ1v) is 17.6. The van der Waals surface area contributed by atoms with Gasteiger partial charge in [-0.3, -0.25) is 4.90 Å². The molecule has 6 rings (SSSR count). The number of aromatic nitrogens is 2. The first-order valence-electron chi connectivity index (χ1n) is 16.1. The Bertz CT molecular complexity index is 1470. The fourth-order valence-corrected chi connectivity index (χ4v) is 7.13. The van der Waals surface area contributed by atoms with Crippen LogP contribution in [0.1, 0.15) is 39.5 Å². The second-order valence-corrected chi connectivity index (χ2v) is 14.3. The highest BCUT2D eigenvalue weighted by Crippen LogP contribution is 2.35. The van der Waals surface area contributed by atoms with Crippen molar-refractivity contribution in [3.05, 3.63) is 53.7 Å². The van der Waals surface area contributed by atoms with Crippen LogP contribution in [0.25, 0.3) is 0 Å². The molecule has 1 aromatic heterocycles. The third kappa shape index (κ3) is 8.45. The molecule has 0 amide bonds. The van der Waals surface area contributed by atoms with Gasteiger partial charge in [-0.1, -0.05) is 23.7 Å². The smallest absolute Gasteiger partial charge is 0.229 e. The van der Waals surface area contributed by atoms with Gasteiger partial charge in [0.05, 0.1) is 28.6 Å². The number of anilines is 5. The minimum absolute atomic E-state index is 0.00183. The molecule has 3 heterocycles. The number of nitrogens with one attached hydrogen (secondary N) is 3. The molecular formula is C33H45ClN8O2S. The van der Waals surface area contributed by atoms with E-state index in [2.05, 4.69) is 59.2 Å². The Morgan fingerprint density at radius 2 is 1.73 bits per heavy atom. The van der Waals surface area contributed by atoms with E-state index in [0.717, 1.165) is 49.8 Å². The van der Waals surface area contributed by atoms with Crippen molar-refractivity contribution < 1.29 is 8.95 Å². The van der Waals surface area contributed by atoms with Gasteiger partial charge in [-0.25, -0.2) is 13.9 Å². The zero-order valence-electron chi connectivity index (χ0n) is 26.5. The highest BCUT2D eigenvalue weighted by molar-refractivity contribution is 7.83. The van der Waals surface area contributed by atoms with Crippen molar-refractivity contribution >= 4 is 51.4 Å². The topological polar surface area (TPSA) is 97.9 Å². The molecular weight excluding hydrogens is 608 g/mol. The van der Waals surface area contributed by atoms with E-state index in [1.165, 1.54) is 38.8 Å². The van der Waals surface area contributed by atoms with E-state index < -0.39 is 11.0 Å². The number of hydrogen-bond acceptors (Lipinski definition) is 9. The largest absolute Gasteiger partial charge is 0.489 e. The molecule has 1 atom stereocenters. The van der Waals surface area contributed by atoms with Gasteiger partial charge in [0.15, 0.2) is 5.82 Å². The van der Waals surface area contributed by atoms with Crippen molar-refractivity contribution in [1.29, 1.82) is 0 Å². The SMILES string of the molecule is CC(C)Oc1cc(N2CCC(N3CCN(C)CC3)CC2)ccc1Nc1ncc(Cl)c(Nc2ccccc2S(=O)NCC2CC2)n1. The number of hydrogen-bond donors (Lipinski definition) is 3. The molecule has 3 fully saturated rings. The summed E-state index contributed by atoms with van der Waals surface area (Å²) in [6.07, 6.45) is 6.29. The van der Waals surface area contributed by atoms with Crippen molar-refractivity contribution in [1.82, 2.24) is 24.5 Å². The summed E-state index contributed by atoms with van der Waals surface area (Å²) in [4.78, 5) is 17.3. The predicted octanol–water partition coefficient (Wildman–Crippen LogP) is 5.64. The summed E-state index contributed by atoms with van der Waals surface area (Å²) >= 11 is 6.52. The second-order valence-electron chi connectivity index (χ2n) is 12.6. The van der Waals surface area contributed by atoms with Crippen LogP contribution in [-0.2, 0) is 11.0 Å². The molecule has 0 bridgehead atoms. The molecule has 2 saturated heterocycles. The number of piperazine rings is 1. The Labute approximate surface area is 274 Å². The lowest BCUT2D eigenvalue weighted by Crippen LogP contribution is -2.52. The lowest BCUT2D eigenvalue weighted by molar-refractivity contribution is 0.0982. The van der Waals surface area contributed by atoms with Crippen molar-refractivity contribution in [2.75, 3.05) is 68.4 Å². The Morgan fingerprint density at radius 3 is 2.47 bits per heavy atom. The van der Waals surface area contributed by atoms with Gasteiger partial charge in [-0.15, -0.1) is 0 Å². The van der Waals surface area contributed by atoms with Crippen LogP contribution in [0, 0.1) is 5.92 Å². The van der Waals surface area contributed by atoms with E-state index in [1.54, 1.807) is 6.20 Å². The fraction of sp³-hybridized carbons (Fsp3) is 0.515. The Kier molecular flexibility index (Phi) is 10.4.